The van der Waals surface area contributed by atoms with Crippen molar-refractivity contribution in [2.24, 2.45) is 0 Å². The van der Waals surface area contributed by atoms with Crippen LogP contribution in [-0.2, 0) is 0 Å². The minimum Gasteiger partial charge on any atom is -0.308 e. The predicted molar refractivity (Wildman–Crippen MR) is 77.0 cm³/mol. The predicted octanol–water partition coefficient (Wildman–Crippen LogP) is 5.36. The number of unbranched alkanes of at least 4 members (excludes halogenated alkanes) is 1. The first-order valence-electron chi connectivity index (χ1n) is 6.36. The van der Waals surface area contributed by atoms with Gasteiger partial charge in [0, 0.05) is 17.1 Å². The number of benzene rings is 1. The molecular weight excluding hydrogens is 272 g/mol. The molecule has 4 heteroatoms. The van der Waals surface area contributed by atoms with Crippen molar-refractivity contribution in [3.63, 3.8) is 0 Å². The van der Waals surface area contributed by atoms with Gasteiger partial charge in [0.05, 0.1) is 5.02 Å². The van der Waals surface area contributed by atoms with Crippen molar-refractivity contribution in [2.45, 2.75) is 52.1 Å². The molecule has 1 N–H and O–H groups in total. The summed E-state index contributed by atoms with van der Waals surface area (Å²) in [5.41, 5.74) is 0.752. The van der Waals surface area contributed by atoms with Crippen LogP contribution < -0.4 is 5.32 Å². The number of hydrogen-bond donors (Lipinski definition) is 1. The lowest BCUT2D eigenvalue weighted by Crippen LogP contribution is -2.29. The lowest BCUT2D eigenvalue weighted by molar-refractivity contribution is 0.443. The van der Waals surface area contributed by atoms with E-state index in [9.17, 15) is 4.39 Å². The summed E-state index contributed by atoms with van der Waals surface area (Å²) in [7, 11) is 0. The Balaban J connectivity index is 2.72. The van der Waals surface area contributed by atoms with Gasteiger partial charge in [-0.2, -0.15) is 0 Å². The third-order valence-electron chi connectivity index (χ3n) is 3.03. The Morgan fingerprint density at radius 3 is 2.50 bits per heavy atom. The van der Waals surface area contributed by atoms with Crippen molar-refractivity contribution in [3.05, 3.63) is 33.6 Å². The SMILES string of the molecule is CCCCC(C)NC(C)c1cc(F)c(Cl)cc1Cl. The van der Waals surface area contributed by atoms with Crippen molar-refractivity contribution in [1.82, 2.24) is 5.32 Å². The molecule has 0 amide bonds. The molecule has 0 bridgehead atoms. The van der Waals surface area contributed by atoms with E-state index >= 15 is 0 Å². The van der Waals surface area contributed by atoms with Gasteiger partial charge in [-0.3, -0.25) is 0 Å². The summed E-state index contributed by atoms with van der Waals surface area (Å²) in [4.78, 5) is 0. The van der Waals surface area contributed by atoms with Crippen LogP contribution in [0.1, 0.15) is 51.6 Å². The summed E-state index contributed by atoms with van der Waals surface area (Å²) < 4.78 is 13.4. The molecule has 0 fully saturated rings. The molecule has 0 saturated carbocycles. The number of nitrogens with one attached hydrogen (secondary N) is 1. The number of hydrogen-bond acceptors (Lipinski definition) is 1. The smallest absolute Gasteiger partial charge is 0.142 e. The molecule has 2 unspecified atom stereocenters. The summed E-state index contributed by atoms with van der Waals surface area (Å²) in [6.45, 7) is 6.28. The maximum Gasteiger partial charge on any atom is 0.142 e. The lowest BCUT2D eigenvalue weighted by Gasteiger charge is -2.21. The molecular formula is C14H20Cl2FN. The molecule has 0 aliphatic carbocycles. The fraction of sp³-hybridized carbons (Fsp3) is 0.571. The van der Waals surface area contributed by atoms with E-state index < -0.39 is 5.82 Å². The Labute approximate surface area is 119 Å². The van der Waals surface area contributed by atoms with Crippen LogP contribution in [0.2, 0.25) is 10.0 Å². The van der Waals surface area contributed by atoms with E-state index in [1.54, 1.807) is 0 Å². The van der Waals surface area contributed by atoms with Gasteiger partial charge in [-0.25, -0.2) is 4.39 Å². The molecule has 2 atom stereocenters. The zero-order valence-electron chi connectivity index (χ0n) is 11.1. The van der Waals surface area contributed by atoms with E-state index in [1.165, 1.54) is 25.0 Å². The molecule has 18 heavy (non-hydrogen) atoms. The molecule has 1 aromatic rings. The zero-order chi connectivity index (χ0) is 13.7. The first-order valence-corrected chi connectivity index (χ1v) is 7.11. The average Bonchev–Trinajstić information content (AvgIpc) is 2.31. The largest absolute Gasteiger partial charge is 0.308 e. The van der Waals surface area contributed by atoms with E-state index in [0.717, 1.165) is 12.0 Å². The maximum atomic E-state index is 13.4. The Kier molecular flexibility index (Phi) is 6.40. The molecule has 0 aliphatic heterocycles. The minimum absolute atomic E-state index is 0.0103. The molecule has 102 valence electrons. The third-order valence-corrected chi connectivity index (χ3v) is 3.65. The maximum absolute atomic E-state index is 13.4. The fourth-order valence-electron chi connectivity index (χ4n) is 1.98. The van der Waals surface area contributed by atoms with E-state index in [2.05, 4.69) is 19.2 Å². The van der Waals surface area contributed by atoms with E-state index in [-0.39, 0.29) is 11.1 Å². The first kappa shape index (κ1) is 15.7. The molecule has 0 spiro atoms. The van der Waals surface area contributed by atoms with Crippen LogP contribution in [0.25, 0.3) is 0 Å². The molecule has 0 radical (unpaired) electrons. The molecule has 0 aliphatic rings. The molecule has 0 heterocycles. The van der Waals surface area contributed by atoms with Crippen LogP contribution >= 0.6 is 23.2 Å². The zero-order valence-corrected chi connectivity index (χ0v) is 12.6. The topological polar surface area (TPSA) is 12.0 Å². The lowest BCUT2D eigenvalue weighted by atomic mass is 10.1. The van der Waals surface area contributed by atoms with Crippen molar-refractivity contribution in [2.75, 3.05) is 0 Å². The summed E-state index contributed by atoms with van der Waals surface area (Å²) in [6, 6.07) is 3.27. The van der Waals surface area contributed by atoms with Gasteiger partial charge in [-0.1, -0.05) is 43.0 Å². The van der Waals surface area contributed by atoms with E-state index in [0.29, 0.717) is 11.1 Å². The van der Waals surface area contributed by atoms with Crippen LogP contribution in [0.3, 0.4) is 0 Å². The van der Waals surface area contributed by atoms with Crippen LogP contribution in [0.15, 0.2) is 12.1 Å². The van der Waals surface area contributed by atoms with Gasteiger partial charge in [0.2, 0.25) is 0 Å². The summed E-state index contributed by atoms with van der Waals surface area (Å²) in [6.07, 6.45) is 3.47. The summed E-state index contributed by atoms with van der Waals surface area (Å²) in [5, 5.41) is 3.99. The monoisotopic (exact) mass is 291 g/mol. The van der Waals surface area contributed by atoms with Gasteiger partial charge >= 0.3 is 0 Å². The highest BCUT2D eigenvalue weighted by Gasteiger charge is 2.15. The Hall–Kier alpha value is -0.310. The third kappa shape index (κ3) is 4.42. The second-order valence-electron chi connectivity index (χ2n) is 4.72. The van der Waals surface area contributed by atoms with E-state index in [1.807, 2.05) is 6.92 Å². The van der Waals surface area contributed by atoms with E-state index in [4.69, 9.17) is 23.2 Å². The quantitative estimate of drug-likeness (QED) is 0.696. The van der Waals surface area contributed by atoms with Gasteiger partial charge in [-0.05, 0) is 38.0 Å². The first-order chi connectivity index (χ1) is 8.45. The average molecular weight is 292 g/mol. The van der Waals surface area contributed by atoms with Crippen molar-refractivity contribution in [1.29, 1.82) is 0 Å². The van der Waals surface area contributed by atoms with Gasteiger partial charge in [0.25, 0.3) is 0 Å². The second-order valence-corrected chi connectivity index (χ2v) is 5.53. The highest BCUT2D eigenvalue weighted by Crippen LogP contribution is 2.28. The van der Waals surface area contributed by atoms with Crippen molar-refractivity contribution < 1.29 is 4.39 Å². The fourth-order valence-corrected chi connectivity index (χ4v) is 2.53. The molecule has 0 saturated heterocycles. The van der Waals surface area contributed by atoms with Gasteiger partial charge in [0.15, 0.2) is 0 Å². The minimum atomic E-state index is -0.425. The van der Waals surface area contributed by atoms with Gasteiger partial charge in [-0.15, -0.1) is 0 Å². The Bertz CT molecular complexity index is 396. The summed E-state index contributed by atoms with van der Waals surface area (Å²) in [5.74, 6) is -0.425. The molecule has 1 rings (SSSR count). The molecule has 0 aromatic heterocycles. The Morgan fingerprint density at radius 2 is 1.89 bits per heavy atom. The van der Waals surface area contributed by atoms with Crippen LogP contribution in [0, 0.1) is 5.82 Å². The number of halogens is 3. The van der Waals surface area contributed by atoms with Crippen molar-refractivity contribution >= 4 is 23.2 Å². The normalized spacial score (nSPS) is 14.6. The van der Waals surface area contributed by atoms with Crippen molar-refractivity contribution in [3.8, 4) is 0 Å². The van der Waals surface area contributed by atoms with Crippen LogP contribution in [0.4, 0.5) is 4.39 Å². The molecule has 1 aromatic carbocycles. The van der Waals surface area contributed by atoms with Crippen LogP contribution in [0.5, 0.6) is 0 Å². The van der Waals surface area contributed by atoms with Gasteiger partial charge < -0.3 is 5.32 Å². The second kappa shape index (κ2) is 7.32. The molecule has 1 nitrogen and oxygen atoms in total. The van der Waals surface area contributed by atoms with Crippen LogP contribution in [-0.4, -0.2) is 6.04 Å². The standard InChI is InChI=1S/C14H20Cl2FN/c1-4-5-6-9(2)18-10(3)11-7-14(17)13(16)8-12(11)15/h7-10,18H,4-6H2,1-3H3. The highest BCUT2D eigenvalue weighted by atomic mass is 35.5. The number of rotatable bonds is 6. The van der Waals surface area contributed by atoms with Gasteiger partial charge in [0.1, 0.15) is 5.82 Å². The summed E-state index contributed by atoms with van der Waals surface area (Å²) >= 11 is 11.8. The highest BCUT2D eigenvalue weighted by molar-refractivity contribution is 6.35. The Morgan fingerprint density at radius 1 is 1.22 bits per heavy atom.